The van der Waals surface area contributed by atoms with Crippen LogP contribution in [0.3, 0.4) is 0 Å². The summed E-state index contributed by atoms with van der Waals surface area (Å²) in [5.41, 5.74) is 1.66. The van der Waals surface area contributed by atoms with Gasteiger partial charge < -0.3 is 5.32 Å². The van der Waals surface area contributed by atoms with E-state index in [1.54, 1.807) is 6.07 Å². The standard InChI is InChI=1S/C13H17BrFN/c1-3-16-8-4-5-10(2)12-9-11(14)6-7-13(12)15/h5-7,9,16H,3-4,8H2,1-2H3. The van der Waals surface area contributed by atoms with Gasteiger partial charge in [0.2, 0.25) is 0 Å². The van der Waals surface area contributed by atoms with Crippen LogP contribution in [0.1, 0.15) is 25.8 Å². The zero-order valence-corrected chi connectivity index (χ0v) is 11.3. The Morgan fingerprint density at radius 3 is 2.94 bits per heavy atom. The van der Waals surface area contributed by atoms with Gasteiger partial charge in [-0.3, -0.25) is 0 Å². The minimum atomic E-state index is -0.166. The maximum absolute atomic E-state index is 13.5. The van der Waals surface area contributed by atoms with Crippen molar-refractivity contribution < 1.29 is 4.39 Å². The molecule has 0 heterocycles. The van der Waals surface area contributed by atoms with Crippen LogP contribution in [0.5, 0.6) is 0 Å². The van der Waals surface area contributed by atoms with E-state index >= 15 is 0 Å². The second-order valence-corrected chi connectivity index (χ2v) is 4.57. The van der Waals surface area contributed by atoms with E-state index in [2.05, 4.69) is 34.2 Å². The Bertz CT molecular complexity index is 374. The third-order valence-corrected chi connectivity index (χ3v) is 2.87. The lowest BCUT2D eigenvalue weighted by Gasteiger charge is -2.05. The average molecular weight is 286 g/mol. The zero-order chi connectivity index (χ0) is 12.0. The Morgan fingerprint density at radius 2 is 2.25 bits per heavy atom. The first kappa shape index (κ1) is 13.4. The fraction of sp³-hybridized carbons (Fsp3) is 0.385. The van der Waals surface area contributed by atoms with Gasteiger partial charge in [-0.05, 0) is 50.2 Å². The molecule has 1 aromatic rings. The molecule has 0 saturated heterocycles. The molecule has 0 aliphatic rings. The molecule has 0 aliphatic heterocycles. The van der Waals surface area contributed by atoms with Gasteiger partial charge in [0.05, 0.1) is 0 Å². The summed E-state index contributed by atoms with van der Waals surface area (Å²) in [4.78, 5) is 0. The van der Waals surface area contributed by atoms with Crippen LogP contribution in [0.4, 0.5) is 4.39 Å². The maximum atomic E-state index is 13.5. The molecule has 0 bridgehead atoms. The van der Waals surface area contributed by atoms with Crippen molar-refractivity contribution in [3.05, 3.63) is 40.1 Å². The van der Waals surface area contributed by atoms with E-state index in [0.717, 1.165) is 29.6 Å². The number of rotatable bonds is 5. The largest absolute Gasteiger partial charge is 0.317 e. The average Bonchev–Trinajstić information content (AvgIpc) is 2.27. The smallest absolute Gasteiger partial charge is 0.130 e. The predicted octanol–water partition coefficient (Wildman–Crippen LogP) is 3.99. The maximum Gasteiger partial charge on any atom is 0.130 e. The van der Waals surface area contributed by atoms with E-state index in [1.165, 1.54) is 6.07 Å². The van der Waals surface area contributed by atoms with E-state index in [-0.39, 0.29) is 5.82 Å². The topological polar surface area (TPSA) is 12.0 Å². The summed E-state index contributed by atoms with van der Waals surface area (Å²) in [5, 5.41) is 3.23. The van der Waals surface area contributed by atoms with Gasteiger partial charge in [-0.1, -0.05) is 28.9 Å². The van der Waals surface area contributed by atoms with Crippen LogP contribution in [0.2, 0.25) is 0 Å². The molecule has 0 radical (unpaired) electrons. The van der Waals surface area contributed by atoms with E-state index < -0.39 is 0 Å². The summed E-state index contributed by atoms with van der Waals surface area (Å²) in [6.07, 6.45) is 2.99. The number of benzene rings is 1. The van der Waals surface area contributed by atoms with Crippen LogP contribution in [-0.2, 0) is 0 Å². The Hall–Kier alpha value is -0.670. The van der Waals surface area contributed by atoms with Gasteiger partial charge in [0.25, 0.3) is 0 Å². The molecule has 0 unspecified atom stereocenters. The molecule has 0 aliphatic carbocycles. The van der Waals surface area contributed by atoms with Crippen LogP contribution < -0.4 is 5.32 Å². The van der Waals surface area contributed by atoms with Gasteiger partial charge in [0.1, 0.15) is 5.82 Å². The molecule has 0 aromatic heterocycles. The van der Waals surface area contributed by atoms with Gasteiger partial charge in [0.15, 0.2) is 0 Å². The first-order valence-corrected chi connectivity index (χ1v) is 6.27. The molecule has 0 fully saturated rings. The lowest BCUT2D eigenvalue weighted by molar-refractivity contribution is 0.623. The third-order valence-electron chi connectivity index (χ3n) is 2.37. The number of allylic oxidation sites excluding steroid dienone is 1. The lowest BCUT2D eigenvalue weighted by atomic mass is 10.1. The van der Waals surface area contributed by atoms with Crippen molar-refractivity contribution in [3.63, 3.8) is 0 Å². The summed E-state index contributed by atoms with van der Waals surface area (Å²) in [6.45, 7) is 5.92. The van der Waals surface area contributed by atoms with Crippen molar-refractivity contribution >= 4 is 21.5 Å². The van der Waals surface area contributed by atoms with Crippen molar-refractivity contribution in [1.82, 2.24) is 5.32 Å². The minimum absolute atomic E-state index is 0.166. The second-order valence-electron chi connectivity index (χ2n) is 3.65. The fourth-order valence-electron chi connectivity index (χ4n) is 1.48. The molecule has 0 saturated carbocycles. The van der Waals surface area contributed by atoms with Crippen molar-refractivity contribution in [2.45, 2.75) is 20.3 Å². The first-order valence-electron chi connectivity index (χ1n) is 5.48. The summed E-state index contributed by atoms with van der Waals surface area (Å²) in [7, 11) is 0. The molecule has 0 spiro atoms. The van der Waals surface area contributed by atoms with Crippen LogP contribution in [0.25, 0.3) is 5.57 Å². The van der Waals surface area contributed by atoms with Crippen LogP contribution in [0, 0.1) is 5.82 Å². The molecule has 88 valence electrons. The highest BCUT2D eigenvalue weighted by Gasteiger charge is 2.03. The normalized spacial score (nSPS) is 11.9. The van der Waals surface area contributed by atoms with Crippen molar-refractivity contribution in [1.29, 1.82) is 0 Å². The van der Waals surface area contributed by atoms with Crippen molar-refractivity contribution in [2.75, 3.05) is 13.1 Å². The van der Waals surface area contributed by atoms with E-state index in [1.807, 2.05) is 13.0 Å². The van der Waals surface area contributed by atoms with Gasteiger partial charge in [0, 0.05) is 10.0 Å². The van der Waals surface area contributed by atoms with Crippen molar-refractivity contribution in [3.8, 4) is 0 Å². The Kier molecular flexibility index (Phi) is 5.71. The predicted molar refractivity (Wildman–Crippen MR) is 70.9 cm³/mol. The molecule has 1 rings (SSSR count). The van der Waals surface area contributed by atoms with Gasteiger partial charge in [-0.25, -0.2) is 4.39 Å². The van der Waals surface area contributed by atoms with E-state index in [0.29, 0.717) is 5.56 Å². The molecule has 3 heteroatoms. The van der Waals surface area contributed by atoms with Crippen LogP contribution in [-0.4, -0.2) is 13.1 Å². The fourth-order valence-corrected chi connectivity index (χ4v) is 1.84. The zero-order valence-electron chi connectivity index (χ0n) is 9.69. The highest BCUT2D eigenvalue weighted by atomic mass is 79.9. The first-order chi connectivity index (χ1) is 7.65. The van der Waals surface area contributed by atoms with Crippen LogP contribution >= 0.6 is 15.9 Å². The third kappa shape index (κ3) is 4.06. The van der Waals surface area contributed by atoms with Gasteiger partial charge in [-0.2, -0.15) is 0 Å². The summed E-state index contributed by atoms with van der Waals surface area (Å²) in [6, 6.07) is 5.01. The molecule has 1 N–H and O–H groups in total. The Morgan fingerprint density at radius 1 is 1.50 bits per heavy atom. The molecule has 1 nitrogen and oxygen atoms in total. The van der Waals surface area contributed by atoms with Crippen LogP contribution in [0.15, 0.2) is 28.7 Å². The van der Waals surface area contributed by atoms with Gasteiger partial charge >= 0.3 is 0 Å². The highest BCUT2D eigenvalue weighted by Crippen LogP contribution is 2.22. The molecule has 1 aromatic carbocycles. The lowest BCUT2D eigenvalue weighted by Crippen LogP contribution is -2.13. The SMILES string of the molecule is CCNCCC=C(C)c1cc(Br)ccc1F. The Labute approximate surface area is 105 Å². The van der Waals surface area contributed by atoms with Crippen molar-refractivity contribution in [2.24, 2.45) is 0 Å². The second kappa shape index (κ2) is 6.81. The number of halogens is 2. The van der Waals surface area contributed by atoms with Gasteiger partial charge in [-0.15, -0.1) is 0 Å². The molecular formula is C13H17BrFN. The minimum Gasteiger partial charge on any atom is -0.317 e. The van der Waals surface area contributed by atoms with E-state index in [4.69, 9.17) is 0 Å². The summed E-state index contributed by atoms with van der Waals surface area (Å²) >= 11 is 3.35. The van der Waals surface area contributed by atoms with E-state index in [9.17, 15) is 4.39 Å². The molecule has 16 heavy (non-hydrogen) atoms. The molecule has 0 atom stereocenters. The summed E-state index contributed by atoms with van der Waals surface area (Å²) < 4.78 is 14.4. The number of hydrogen-bond acceptors (Lipinski definition) is 1. The molecular weight excluding hydrogens is 269 g/mol. The molecule has 0 amide bonds. The number of nitrogens with one attached hydrogen (secondary N) is 1. The number of hydrogen-bond donors (Lipinski definition) is 1. The monoisotopic (exact) mass is 285 g/mol. The highest BCUT2D eigenvalue weighted by molar-refractivity contribution is 9.10. The Balaban J connectivity index is 2.71. The summed E-state index contributed by atoms with van der Waals surface area (Å²) in [5.74, 6) is -0.166. The quantitative estimate of drug-likeness (QED) is 0.807.